The summed E-state index contributed by atoms with van der Waals surface area (Å²) in [5.41, 5.74) is 1.88. The van der Waals surface area contributed by atoms with Crippen LogP contribution in [-0.4, -0.2) is 37.5 Å². The molecule has 21 heavy (non-hydrogen) atoms. The van der Waals surface area contributed by atoms with Gasteiger partial charge in [0, 0.05) is 23.1 Å². The van der Waals surface area contributed by atoms with Crippen molar-refractivity contribution in [3.63, 3.8) is 0 Å². The molecule has 0 saturated carbocycles. The van der Waals surface area contributed by atoms with Gasteiger partial charge >= 0.3 is 0 Å². The third-order valence-corrected chi connectivity index (χ3v) is 4.62. The predicted octanol–water partition coefficient (Wildman–Crippen LogP) is 3.64. The summed E-state index contributed by atoms with van der Waals surface area (Å²) in [6.07, 6.45) is 3.47. The quantitative estimate of drug-likeness (QED) is 0.871. The van der Waals surface area contributed by atoms with Gasteiger partial charge in [-0.05, 0) is 69.5 Å². The summed E-state index contributed by atoms with van der Waals surface area (Å²) >= 11 is 3.44. The fourth-order valence-corrected chi connectivity index (χ4v) is 3.29. The van der Waals surface area contributed by atoms with E-state index in [2.05, 4.69) is 21.2 Å². The molecule has 0 bridgehead atoms. The van der Waals surface area contributed by atoms with Crippen LogP contribution in [0.3, 0.4) is 0 Å². The van der Waals surface area contributed by atoms with Crippen LogP contribution in [0.2, 0.25) is 0 Å². The fraction of sp³-hybridized carbons (Fsp3) is 0.562. The Balaban J connectivity index is 0.00000220. The van der Waals surface area contributed by atoms with Crippen molar-refractivity contribution in [2.75, 3.05) is 26.7 Å². The molecule has 1 fully saturated rings. The van der Waals surface area contributed by atoms with Crippen LogP contribution in [0.4, 0.5) is 0 Å². The molecule has 0 unspecified atom stereocenters. The Morgan fingerprint density at radius 2 is 2.05 bits per heavy atom. The summed E-state index contributed by atoms with van der Waals surface area (Å²) < 4.78 is 1.03. The number of nitrogens with zero attached hydrogens (tertiary/aromatic N) is 1. The molecule has 118 valence electrons. The lowest BCUT2D eigenvalue weighted by Crippen LogP contribution is -2.39. The summed E-state index contributed by atoms with van der Waals surface area (Å²) in [5.74, 6) is 0.944. The third-order valence-electron chi connectivity index (χ3n) is 4.12. The van der Waals surface area contributed by atoms with Gasteiger partial charge in [0.25, 0.3) is 5.91 Å². The zero-order chi connectivity index (χ0) is 14.5. The molecule has 2 rings (SSSR count). The second-order valence-electron chi connectivity index (χ2n) is 5.59. The molecule has 0 spiro atoms. The second kappa shape index (κ2) is 8.76. The maximum Gasteiger partial charge on any atom is 0.254 e. The van der Waals surface area contributed by atoms with Crippen LogP contribution in [0, 0.1) is 12.8 Å². The first-order valence-corrected chi connectivity index (χ1v) is 8.11. The van der Waals surface area contributed by atoms with Crippen molar-refractivity contribution in [2.45, 2.75) is 26.2 Å². The Bertz CT molecular complexity index is 473. The number of carbonyl (C=O) groups is 1. The van der Waals surface area contributed by atoms with Crippen molar-refractivity contribution in [3.8, 4) is 0 Å². The Hall–Kier alpha value is -0.580. The number of amides is 1. The predicted molar refractivity (Wildman–Crippen MR) is 93.3 cm³/mol. The molecule has 0 aliphatic carbocycles. The molecule has 0 aromatic heterocycles. The van der Waals surface area contributed by atoms with Crippen LogP contribution in [0.25, 0.3) is 0 Å². The Kier molecular flexibility index (Phi) is 7.71. The number of aryl methyl sites for hydroxylation is 1. The summed E-state index contributed by atoms with van der Waals surface area (Å²) in [5, 5.41) is 3.20. The zero-order valence-electron chi connectivity index (χ0n) is 12.7. The molecular formula is C16H24BrClN2O. The van der Waals surface area contributed by atoms with E-state index in [0.717, 1.165) is 54.0 Å². The van der Waals surface area contributed by atoms with Crippen LogP contribution in [0.5, 0.6) is 0 Å². The lowest BCUT2D eigenvalue weighted by atomic mass is 9.93. The average Bonchev–Trinajstić information content (AvgIpc) is 2.45. The minimum atomic E-state index is 0. The summed E-state index contributed by atoms with van der Waals surface area (Å²) in [6, 6.07) is 5.88. The van der Waals surface area contributed by atoms with Gasteiger partial charge in [-0.3, -0.25) is 4.79 Å². The first-order chi connectivity index (χ1) is 9.61. The average molecular weight is 376 g/mol. The van der Waals surface area contributed by atoms with Crippen LogP contribution in [0.15, 0.2) is 22.7 Å². The normalized spacial score (nSPS) is 15.7. The van der Waals surface area contributed by atoms with Gasteiger partial charge in [-0.25, -0.2) is 0 Å². The fourth-order valence-electron chi connectivity index (χ4n) is 2.81. The number of nitrogens with one attached hydrogen (secondary N) is 1. The molecule has 1 amide bonds. The second-order valence-corrected chi connectivity index (χ2v) is 6.50. The van der Waals surface area contributed by atoms with Gasteiger partial charge in [-0.1, -0.05) is 15.9 Å². The number of benzene rings is 1. The maximum atomic E-state index is 12.6. The smallest absolute Gasteiger partial charge is 0.254 e. The van der Waals surface area contributed by atoms with E-state index in [1.54, 1.807) is 0 Å². The Labute approximate surface area is 142 Å². The van der Waals surface area contributed by atoms with E-state index in [-0.39, 0.29) is 18.3 Å². The number of carbonyl (C=O) groups excluding carboxylic acids is 1. The standard InChI is InChI=1S/C16H23BrN2O.ClH/c1-12-11-14(17)3-4-15(12)16(20)19-9-6-13(7-10-19)5-8-18-2;/h3-4,11,13,18H,5-10H2,1-2H3;1H. The highest BCUT2D eigenvalue weighted by Crippen LogP contribution is 2.23. The molecule has 0 radical (unpaired) electrons. The van der Waals surface area contributed by atoms with Crippen LogP contribution >= 0.6 is 28.3 Å². The summed E-state index contributed by atoms with van der Waals surface area (Å²) in [4.78, 5) is 14.6. The lowest BCUT2D eigenvalue weighted by Gasteiger charge is -2.32. The molecule has 1 aromatic carbocycles. The van der Waals surface area contributed by atoms with Gasteiger partial charge in [0.2, 0.25) is 0 Å². The van der Waals surface area contributed by atoms with Crippen molar-refractivity contribution in [3.05, 3.63) is 33.8 Å². The van der Waals surface area contributed by atoms with Crippen LogP contribution < -0.4 is 5.32 Å². The number of hydrogen-bond donors (Lipinski definition) is 1. The number of rotatable bonds is 4. The van der Waals surface area contributed by atoms with E-state index in [0.29, 0.717) is 0 Å². The van der Waals surface area contributed by atoms with Crippen molar-refractivity contribution < 1.29 is 4.79 Å². The van der Waals surface area contributed by atoms with Gasteiger partial charge in [-0.15, -0.1) is 12.4 Å². The molecule has 3 nitrogen and oxygen atoms in total. The number of halogens is 2. The van der Waals surface area contributed by atoms with Crippen molar-refractivity contribution in [1.29, 1.82) is 0 Å². The van der Waals surface area contributed by atoms with Crippen LogP contribution in [-0.2, 0) is 0 Å². The molecule has 1 aromatic rings. The van der Waals surface area contributed by atoms with E-state index < -0.39 is 0 Å². The number of hydrogen-bond acceptors (Lipinski definition) is 2. The molecule has 1 aliphatic heterocycles. The highest BCUT2D eigenvalue weighted by atomic mass is 79.9. The Morgan fingerprint density at radius 3 is 2.62 bits per heavy atom. The number of piperidine rings is 1. The minimum absolute atomic E-state index is 0. The van der Waals surface area contributed by atoms with Gasteiger partial charge in [0.1, 0.15) is 0 Å². The maximum absolute atomic E-state index is 12.6. The van der Waals surface area contributed by atoms with Crippen molar-refractivity contribution in [1.82, 2.24) is 10.2 Å². The minimum Gasteiger partial charge on any atom is -0.339 e. The molecular weight excluding hydrogens is 352 g/mol. The van der Waals surface area contributed by atoms with E-state index in [1.807, 2.05) is 37.1 Å². The van der Waals surface area contributed by atoms with E-state index in [9.17, 15) is 4.79 Å². The highest BCUT2D eigenvalue weighted by Gasteiger charge is 2.24. The topological polar surface area (TPSA) is 32.3 Å². The SMILES string of the molecule is CNCCC1CCN(C(=O)c2ccc(Br)cc2C)CC1.Cl. The molecule has 5 heteroatoms. The largest absolute Gasteiger partial charge is 0.339 e. The molecule has 1 aliphatic rings. The molecule has 1 heterocycles. The van der Waals surface area contributed by atoms with Gasteiger partial charge in [-0.2, -0.15) is 0 Å². The first-order valence-electron chi connectivity index (χ1n) is 7.32. The van der Waals surface area contributed by atoms with Gasteiger partial charge in [0.05, 0.1) is 0 Å². The molecule has 1 saturated heterocycles. The van der Waals surface area contributed by atoms with Gasteiger partial charge < -0.3 is 10.2 Å². The van der Waals surface area contributed by atoms with E-state index >= 15 is 0 Å². The summed E-state index contributed by atoms with van der Waals surface area (Å²) in [6.45, 7) is 4.85. The third kappa shape index (κ3) is 4.97. The van der Waals surface area contributed by atoms with Crippen molar-refractivity contribution >= 4 is 34.2 Å². The Morgan fingerprint density at radius 1 is 1.38 bits per heavy atom. The zero-order valence-corrected chi connectivity index (χ0v) is 15.1. The first kappa shape index (κ1) is 18.5. The summed E-state index contributed by atoms with van der Waals surface area (Å²) in [7, 11) is 2.00. The van der Waals surface area contributed by atoms with E-state index in [1.165, 1.54) is 6.42 Å². The van der Waals surface area contributed by atoms with Gasteiger partial charge in [0.15, 0.2) is 0 Å². The number of likely N-dealkylation sites (tertiary alicyclic amines) is 1. The molecule has 0 atom stereocenters. The van der Waals surface area contributed by atoms with Crippen molar-refractivity contribution in [2.24, 2.45) is 5.92 Å². The lowest BCUT2D eigenvalue weighted by molar-refractivity contribution is 0.0686. The molecule has 1 N–H and O–H groups in total. The monoisotopic (exact) mass is 374 g/mol. The van der Waals surface area contributed by atoms with E-state index in [4.69, 9.17) is 0 Å². The highest BCUT2D eigenvalue weighted by molar-refractivity contribution is 9.10. The van der Waals surface area contributed by atoms with Crippen LogP contribution in [0.1, 0.15) is 35.2 Å².